The molecule has 4 nitrogen and oxygen atoms in total. The summed E-state index contributed by atoms with van der Waals surface area (Å²) in [6.45, 7) is 6.07. The van der Waals surface area contributed by atoms with E-state index in [1.165, 1.54) is 5.56 Å². The highest BCUT2D eigenvalue weighted by molar-refractivity contribution is 5.45. The first-order valence-electron chi connectivity index (χ1n) is 6.28. The predicted molar refractivity (Wildman–Crippen MR) is 73.2 cm³/mol. The summed E-state index contributed by atoms with van der Waals surface area (Å²) < 4.78 is 15.6. The van der Waals surface area contributed by atoms with Crippen LogP contribution < -0.4 is 5.32 Å². The van der Waals surface area contributed by atoms with Crippen LogP contribution in [0.25, 0.3) is 0 Å². The summed E-state index contributed by atoms with van der Waals surface area (Å²) in [5.74, 6) is 0. The van der Waals surface area contributed by atoms with Gasteiger partial charge in [0, 0.05) is 19.3 Å². The van der Waals surface area contributed by atoms with E-state index in [0.717, 1.165) is 12.2 Å². The Morgan fingerprint density at radius 3 is 2.44 bits per heavy atom. The number of hydrogen-bond acceptors (Lipinski definition) is 4. The minimum Gasteiger partial charge on any atom is -0.383 e. The van der Waals surface area contributed by atoms with Crippen molar-refractivity contribution in [3.63, 3.8) is 0 Å². The van der Waals surface area contributed by atoms with Crippen LogP contribution in [0.1, 0.15) is 5.56 Å². The molecule has 0 unspecified atom stereocenters. The molecule has 1 aromatic rings. The van der Waals surface area contributed by atoms with Crippen molar-refractivity contribution in [1.29, 1.82) is 0 Å². The molecular weight excluding hydrogens is 230 g/mol. The summed E-state index contributed by atoms with van der Waals surface area (Å²) in [5, 5.41) is 3.31. The highest BCUT2D eigenvalue weighted by Crippen LogP contribution is 2.08. The Morgan fingerprint density at radius 2 is 1.72 bits per heavy atom. The van der Waals surface area contributed by atoms with E-state index in [1.807, 2.05) is 6.07 Å². The molecule has 18 heavy (non-hydrogen) atoms. The number of benzene rings is 1. The maximum Gasteiger partial charge on any atom is 0.0701 e. The molecule has 0 fully saturated rings. The Kier molecular flexibility index (Phi) is 8.21. The zero-order valence-corrected chi connectivity index (χ0v) is 11.3. The molecule has 0 radical (unpaired) electrons. The summed E-state index contributed by atoms with van der Waals surface area (Å²) in [7, 11) is 1.66. The van der Waals surface area contributed by atoms with Crippen molar-refractivity contribution in [2.45, 2.75) is 6.92 Å². The van der Waals surface area contributed by atoms with E-state index >= 15 is 0 Å². The molecule has 0 spiro atoms. The molecule has 0 aliphatic rings. The van der Waals surface area contributed by atoms with Crippen molar-refractivity contribution in [3.8, 4) is 0 Å². The van der Waals surface area contributed by atoms with Crippen LogP contribution in [0, 0.1) is 6.92 Å². The van der Waals surface area contributed by atoms with Gasteiger partial charge in [-0.25, -0.2) is 0 Å². The Balaban J connectivity index is 1.92. The molecule has 0 heterocycles. The first-order valence-corrected chi connectivity index (χ1v) is 6.28. The highest BCUT2D eigenvalue weighted by atomic mass is 16.5. The van der Waals surface area contributed by atoms with Gasteiger partial charge in [-0.05, 0) is 24.6 Å². The van der Waals surface area contributed by atoms with Crippen LogP contribution in [0.15, 0.2) is 24.3 Å². The van der Waals surface area contributed by atoms with Crippen molar-refractivity contribution >= 4 is 5.69 Å². The fraction of sp³-hybridized carbons (Fsp3) is 0.571. The van der Waals surface area contributed by atoms with Gasteiger partial charge in [-0.15, -0.1) is 0 Å². The van der Waals surface area contributed by atoms with E-state index in [0.29, 0.717) is 33.0 Å². The van der Waals surface area contributed by atoms with Gasteiger partial charge in [-0.3, -0.25) is 0 Å². The van der Waals surface area contributed by atoms with Gasteiger partial charge in [0.15, 0.2) is 0 Å². The molecular formula is C14H23NO3. The van der Waals surface area contributed by atoms with Crippen molar-refractivity contribution < 1.29 is 14.2 Å². The maximum absolute atomic E-state index is 5.44. The smallest absolute Gasteiger partial charge is 0.0701 e. The normalized spacial score (nSPS) is 10.6. The second-order valence-corrected chi connectivity index (χ2v) is 4.01. The Labute approximate surface area is 109 Å². The summed E-state index contributed by atoms with van der Waals surface area (Å²) in [4.78, 5) is 0. The lowest BCUT2D eigenvalue weighted by Gasteiger charge is -2.08. The molecule has 0 bridgehead atoms. The van der Waals surface area contributed by atoms with Crippen molar-refractivity contribution in [2.75, 3.05) is 52.0 Å². The second-order valence-electron chi connectivity index (χ2n) is 4.01. The van der Waals surface area contributed by atoms with Crippen molar-refractivity contribution in [3.05, 3.63) is 29.8 Å². The van der Waals surface area contributed by atoms with Gasteiger partial charge in [0.2, 0.25) is 0 Å². The third kappa shape index (κ3) is 7.27. The average molecular weight is 253 g/mol. The lowest BCUT2D eigenvalue weighted by Crippen LogP contribution is -2.13. The average Bonchev–Trinajstić information content (AvgIpc) is 2.37. The first kappa shape index (κ1) is 15.0. The number of ether oxygens (including phenoxy) is 3. The van der Waals surface area contributed by atoms with E-state index in [9.17, 15) is 0 Å². The van der Waals surface area contributed by atoms with Crippen molar-refractivity contribution in [2.24, 2.45) is 0 Å². The van der Waals surface area contributed by atoms with Gasteiger partial charge in [0.05, 0.1) is 33.0 Å². The fourth-order valence-corrected chi connectivity index (χ4v) is 1.49. The van der Waals surface area contributed by atoms with E-state index in [-0.39, 0.29) is 0 Å². The van der Waals surface area contributed by atoms with Gasteiger partial charge < -0.3 is 19.5 Å². The summed E-state index contributed by atoms with van der Waals surface area (Å²) in [6.07, 6.45) is 0. The largest absolute Gasteiger partial charge is 0.383 e. The van der Waals surface area contributed by atoms with E-state index < -0.39 is 0 Å². The van der Waals surface area contributed by atoms with Crippen LogP contribution in [0.3, 0.4) is 0 Å². The van der Waals surface area contributed by atoms with Crippen LogP contribution in [-0.2, 0) is 14.2 Å². The number of rotatable bonds is 10. The van der Waals surface area contributed by atoms with E-state index in [4.69, 9.17) is 14.2 Å². The van der Waals surface area contributed by atoms with Gasteiger partial charge in [0.25, 0.3) is 0 Å². The van der Waals surface area contributed by atoms with Gasteiger partial charge in [-0.2, -0.15) is 0 Å². The Hall–Kier alpha value is -1.10. The summed E-state index contributed by atoms with van der Waals surface area (Å²) in [5.41, 5.74) is 2.39. The topological polar surface area (TPSA) is 39.7 Å². The van der Waals surface area contributed by atoms with Gasteiger partial charge >= 0.3 is 0 Å². The third-order valence-electron chi connectivity index (χ3n) is 2.40. The second kappa shape index (κ2) is 9.88. The lowest BCUT2D eigenvalue weighted by atomic mass is 10.2. The molecule has 4 heteroatoms. The Morgan fingerprint density at radius 1 is 1.00 bits per heavy atom. The molecule has 1 rings (SSSR count). The maximum atomic E-state index is 5.44. The monoisotopic (exact) mass is 253 g/mol. The zero-order chi connectivity index (χ0) is 13.1. The molecule has 1 aromatic carbocycles. The number of methoxy groups -OCH3 is 1. The number of anilines is 1. The summed E-state index contributed by atoms with van der Waals surface area (Å²) >= 11 is 0. The molecule has 0 saturated heterocycles. The molecule has 0 aliphatic heterocycles. The van der Waals surface area contributed by atoms with Crippen LogP contribution >= 0.6 is 0 Å². The predicted octanol–water partition coefficient (Wildman–Crippen LogP) is 2.09. The standard InChI is InChI=1S/C14H23NO3/c1-13-4-3-5-14(12-13)15-6-7-17-10-11-18-9-8-16-2/h3-5,12,15H,6-11H2,1-2H3. The van der Waals surface area contributed by atoms with Crippen LogP contribution in [0.4, 0.5) is 5.69 Å². The highest BCUT2D eigenvalue weighted by Gasteiger charge is 1.93. The van der Waals surface area contributed by atoms with Gasteiger partial charge in [-0.1, -0.05) is 12.1 Å². The van der Waals surface area contributed by atoms with Crippen LogP contribution in [-0.4, -0.2) is 46.7 Å². The molecule has 0 aromatic heterocycles. The lowest BCUT2D eigenvalue weighted by molar-refractivity contribution is 0.0272. The third-order valence-corrected chi connectivity index (χ3v) is 2.40. The first-order chi connectivity index (χ1) is 8.83. The van der Waals surface area contributed by atoms with E-state index in [2.05, 4.69) is 30.4 Å². The van der Waals surface area contributed by atoms with Gasteiger partial charge in [0.1, 0.15) is 0 Å². The van der Waals surface area contributed by atoms with Crippen LogP contribution in [0.2, 0.25) is 0 Å². The molecule has 0 atom stereocenters. The van der Waals surface area contributed by atoms with Crippen molar-refractivity contribution in [1.82, 2.24) is 0 Å². The Bertz CT molecular complexity index is 318. The molecule has 0 saturated carbocycles. The molecule has 0 aliphatic carbocycles. The quantitative estimate of drug-likeness (QED) is 0.648. The van der Waals surface area contributed by atoms with E-state index in [1.54, 1.807) is 7.11 Å². The fourth-order valence-electron chi connectivity index (χ4n) is 1.49. The molecule has 0 amide bonds. The number of nitrogens with one attached hydrogen (secondary N) is 1. The van der Waals surface area contributed by atoms with Crippen LogP contribution in [0.5, 0.6) is 0 Å². The number of aryl methyl sites for hydroxylation is 1. The SMILES string of the molecule is COCCOCCOCCNc1cccc(C)c1. The molecule has 1 N–H and O–H groups in total. The number of hydrogen-bond donors (Lipinski definition) is 1. The summed E-state index contributed by atoms with van der Waals surface area (Å²) in [6, 6.07) is 8.30. The molecule has 102 valence electrons. The zero-order valence-electron chi connectivity index (χ0n) is 11.3. The minimum absolute atomic E-state index is 0.619. The minimum atomic E-state index is 0.619.